The van der Waals surface area contributed by atoms with Crippen molar-refractivity contribution < 1.29 is 4.79 Å². The highest BCUT2D eigenvalue weighted by molar-refractivity contribution is 9.10. The third-order valence-corrected chi connectivity index (χ3v) is 4.11. The van der Waals surface area contributed by atoms with Crippen LogP contribution < -0.4 is 11.1 Å². The van der Waals surface area contributed by atoms with Gasteiger partial charge in [-0.3, -0.25) is 4.79 Å². The molecular weight excluding hydrogens is 340 g/mol. The number of carbonyl (C=O) groups is 1. The summed E-state index contributed by atoms with van der Waals surface area (Å²) >= 11 is 4.95. The summed E-state index contributed by atoms with van der Waals surface area (Å²) in [6.45, 7) is 1.91. The third kappa shape index (κ3) is 3.29. The van der Waals surface area contributed by atoms with E-state index in [1.807, 2.05) is 13.2 Å². The highest BCUT2D eigenvalue weighted by Crippen LogP contribution is 2.28. The van der Waals surface area contributed by atoms with Gasteiger partial charge in [-0.25, -0.2) is 9.97 Å². The van der Waals surface area contributed by atoms with Gasteiger partial charge < -0.3 is 11.1 Å². The zero-order valence-corrected chi connectivity index (χ0v) is 13.4. The van der Waals surface area contributed by atoms with Gasteiger partial charge in [-0.1, -0.05) is 11.8 Å². The summed E-state index contributed by atoms with van der Waals surface area (Å²) in [7, 11) is 0. The summed E-state index contributed by atoms with van der Waals surface area (Å²) in [5.41, 5.74) is 7.36. The smallest absolute Gasteiger partial charge is 0.248 e. The van der Waals surface area contributed by atoms with E-state index in [1.54, 1.807) is 24.3 Å². The fraction of sp³-hybridized carbons (Fsp3) is 0.154. The Morgan fingerprint density at radius 3 is 2.50 bits per heavy atom. The van der Waals surface area contributed by atoms with E-state index in [2.05, 4.69) is 31.2 Å². The lowest BCUT2D eigenvalue weighted by molar-refractivity contribution is 0.100. The zero-order valence-electron chi connectivity index (χ0n) is 11.0. The molecule has 1 heterocycles. The SMILES string of the molecule is CSc1nc(C)c(Br)c(Nc2ccc(C(N)=O)cc2)n1. The van der Waals surface area contributed by atoms with Crippen LogP contribution in [0.1, 0.15) is 16.1 Å². The maximum Gasteiger partial charge on any atom is 0.248 e. The second-order valence-corrected chi connectivity index (χ2v) is 5.59. The number of aryl methyl sites for hydroxylation is 1. The molecule has 0 aliphatic heterocycles. The van der Waals surface area contributed by atoms with Crippen LogP contribution >= 0.6 is 27.7 Å². The number of benzene rings is 1. The second-order valence-electron chi connectivity index (χ2n) is 4.02. The number of halogens is 1. The van der Waals surface area contributed by atoms with E-state index in [-0.39, 0.29) is 0 Å². The molecule has 20 heavy (non-hydrogen) atoms. The molecule has 2 aromatic rings. The van der Waals surface area contributed by atoms with Crippen LogP contribution in [0.25, 0.3) is 0 Å². The van der Waals surface area contributed by atoms with Crippen LogP contribution in [0, 0.1) is 6.92 Å². The molecule has 0 radical (unpaired) electrons. The first kappa shape index (κ1) is 14.8. The summed E-state index contributed by atoms with van der Waals surface area (Å²) in [4.78, 5) is 19.8. The Hall–Kier alpha value is -1.60. The Kier molecular flexibility index (Phi) is 4.61. The first-order valence-electron chi connectivity index (χ1n) is 5.76. The van der Waals surface area contributed by atoms with Gasteiger partial charge in [0.1, 0.15) is 5.82 Å². The first-order chi connectivity index (χ1) is 9.51. The number of carbonyl (C=O) groups excluding carboxylic acids is 1. The van der Waals surface area contributed by atoms with E-state index in [0.29, 0.717) is 16.5 Å². The monoisotopic (exact) mass is 352 g/mol. The molecule has 2 rings (SSSR count). The van der Waals surface area contributed by atoms with E-state index in [0.717, 1.165) is 15.9 Å². The molecule has 0 saturated heterocycles. The molecule has 0 fully saturated rings. The van der Waals surface area contributed by atoms with Gasteiger partial charge in [0.2, 0.25) is 5.91 Å². The summed E-state index contributed by atoms with van der Waals surface area (Å²) in [5, 5.41) is 3.89. The number of nitrogens with two attached hydrogens (primary N) is 1. The molecule has 7 heteroatoms. The largest absolute Gasteiger partial charge is 0.366 e. The maximum absolute atomic E-state index is 11.0. The normalized spacial score (nSPS) is 10.3. The van der Waals surface area contributed by atoms with Crippen LogP contribution in [0.4, 0.5) is 11.5 Å². The number of thioether (sulfide) groups is 1. The van der Waals surface area contributed by atoms with Crippen molar-refractivity contribution in [2.24, 2.45) is 5.73 Å². The maximum atomic E-state index is 11.0. The highest BCUT2D eigenvalue weighted by atomic mass is 79.9. The van der Waals surface area contributed by atoms with Gasteiger partial charge in [0.15, 0.2) is 5.16 Å². The lowest BCUT2D eigenvalue weighted by Gasteiger charge is -2.10. The van der Waals surface area contributed by atoms with Crippen LogP contribution in [0.15, 0.2) is 33.9 Å². The van der Waals surface area contributed by atoms with E-state index in [1.165, 1.54) is 11.8 Å². The number of hydrogen-bond acceptors (Lipinski definition) is 5. The van der Waals surface area contributed by atoms with E-state index in [4.69, 9.17) is 5.73 Å². The molecule has 1 aromatic carbocycles. The van der Waals surface area contributed by atoms with Gasteiger partial charge in [0.05, 0.1) is 10.2 Å². The number of nitrogens with one attached hydrogen (secondary N) is 1. The number of aromatic nitrogens is 2. The van der Waals surface area contributed by atoms with Crippen molar-refractivity contribution in [3.8, 4) is 0 Å². The van der Waals surface area contributed by atoms with Crippen molar-refractivity contribution in [2.75, 3.05) is 11.6 Å². The molecule has 0 aliphatic carbocycles. The lowest BCUT2D eigenvalue weighted by Crippen LogP contribution is -2.10. The van der Waals surface area contributed by atoms with Gasteiger partial charge in [-0.2, -0.15) is 0 Å². The van der Waals surface area contributed by atoms with Crippen LogP contribution in [0.5, 0.6) is 0 Å². The Morgan fingerprint density at radius 1 is 1.30 bits per heavy atom. The van der Waals surface area contributed by atoms with Crippen LogP contribution in [0.3, 0.4) is 0 Å². The van der Waals surface area contributed by atoms with Gasteiger partial charge in [-0.15, -0.1) is 0 Å². The van der Waals surface area contributed by atoms with Gasteiger partial charge >= 0.3 is 0 Å². The van der Waals surface area contributed by atoms with Crippen LogP contribution in [-0.2, 0) is 0 Å². The predicted molar refractivity (Wildman–Crippen MR) is 84.5 cm³/mol. The van der Waals surface area contributed by atoms with Gasteiger partial charge in [0.25, 0.3) is 0 Å². The van der Waals surface area contributed by atoms with Crippen molar-refractivity contribution in [2.45, 2.75) is 12.1 Å². The second kappa shape index (κ2) is 6.23. The number of primary amides is 1. The van der Waals surface area contributed by atoms with Crippen molar-refractivity contribution in [3.63, 3.8) is 0 Å². The van der Waals surface area contributed by atoms with E-state index < -0.39 is 5.91 Å². The molecule has 0 unspecified atom stereocenters. The summed E-state index contributed by atoms with van der Waals surface area (Å²) in [5.74, 6) is 0.244. The molecule has 0 spiro atoms. The number of hydrogen-bond donors (Lipinski definition) is 2. The molecule has 5 nitrogen and oxygen atoms in total. The van der Waals surface area contributed by atoms with Crippen LogP contribution in [0.2, 0.25) is 0 Å². The lowest BCUT2D eigenvalue weighted by atomic mass is 10.2. The van der Waals surface area contributed by atoms with Gasteiger partial charge in [-0.05, 0) is 53.4 Å². The van der Waals surface area contributed by atoms with Crippen LogP contribution in [-0.4, -0.2) is 22.1 Å². The Bertz CT molecular complexity index is 646. The van der Waals surface area contributed by atoms with Crippen molar-refractivity contribution in [1.29, 1.82) is 0 Å². The molecule has 1 aromatic heterocycles. The molecule has 0 aliphatic rings. The van der Waals surface area contributed by atoms with Crippen molar-refractivity contribution in [1.82, 2.24) is 9.97 Å². The molecule has 1 amide bonds. The third-order valence-electron chi connectivity index (χ3n) is 2.61. The minimum absolute atomic E-state index is 0.444. The number of amides is 1. The predicted octanol–water partition coefficient (Wildman–Crippen LogP) is 3.11. The molecule has 0 atom stereocenters. The molecular formula is C13H13BrN4OS. The fourth-order valence-electron chi connectivity index (χ4n) is 1.56. The molecule has 104 valence electrons. The van der Waals surface area contributed by atoms with Crippen molar-refractivity contribution in [3.05, 3.63) is 40.0 Å². The van der Waals surface area contributed by atoms with Crippen molar-refractivity contribution >= 4 is 45.1 Å². The Labute approximate surface area is 129 Å². The fourth-order valence-corrected chi connectivity index (χ4v) is 2.25. The number of anilines is 2. The average molecular weight is 353 g/mol. The standard InChI is InChI=1S/C13H13BrN4OS/c1-7-10(14)12(18-13(16-7)20-2)17-9-5-3-8(4-6-9)11(15)19/h3-6H,1-2H3,(H2,15,19)(H,16,17,18). The topological polar surface area (TPSA) is 80.9 Å². The molecule has 0 bridgehead atoms. The van der Waals surface area contributed by atoms with Gasteiger partial charge in [0, 0.05) is 11.3 Å². The highest BCUT2D eigenvalue weighted by Gasteiger charge is 2.09. The minimum atomic E-state index is -0.444. The summed E-state index contributed by atoms with van der Waals surface area (Å²) in [6, 6.07) is 6.90. The quantitative estimate of drug-likeness (QED) is 0.652. The minimum Gasteiger partial charge on any atom is -0.366 e. The molecule has 3 N–H and O–H groups in total. The van der Waals surface area contributed by atoms with E-state index >= 15 is 0 Å². The number of nitrogens with zero attached hydrogens (tertiary/aromatic N) is 2. The number of rotatable bonds is 4. The first-order valence-corrected chi connectivity index (χ1v) is 7.78. The summed E-state index contributed by atoms with van der Waals surface area (Å²) < 4.78 is 0.814. The Morgan fingerprint density at radius 2 is 1.95 bits per heavy atom. The Balaban J connectivity index is 2.29. The average Bonchev–Trinajstić information content (AvgIpc) is 2.44. The zero-order chi connectivity index (χ0) is 14.7. The molecule has 0 saturated carbocycles. The van der Waals surface area contributed by atoms with E-state index in [9.17, 15) is 4.79 Å². The summed E-state index contributed by atoms with van der Waals surface area (Å²) in [6.07, 6.45) is 1.92.